The summed E-state index contributed by atoms with van der Waals surface area (Å²) >= 11 is 5.43. The average Bonchev–Trinajstić information content (AvgIpc) is 3.20. The first-order chi connectivity index (χ1) is 15.6. The number of carbonyl (C=O) groups is 2. The lowest BCUT2D eigenvalue weighted by atomic mass is 10.1. The Bertz CT molecular complexity index is 1130. The Labute approximate surface area is 198 Å². The number of rotatable bonds is 6. The Hall–Kier alpha value is -3.53. The van der Waals surface area contributed by atoms with Crippen molar-refractivity contribution < 1.29 is 14.3 Å². The Morgan fingerprint density at radius 1 is 1.12 bits per heavy atom. The fraction of sp³-hybridized carbons (Fsp3) is 0.348. The normalized spacial score (nSPS) is 12.1. The van der Waals surface area contributed by atoms with Crippen LogP contribution in [0.1, 0.15) is 26.3 Å². The highest BCUT2D eigenvalue weighted by molar-refractivity contribution is 7.80. The van der Waals surface area contributed by atoms with Gasteiger partial charge in [-0.05, 0) is 50.7 Å². The van der Waals surface area contributed by atoms with E-state index in [1.54, 1.807) is 27.8 Å². The van der Waals surface area contributed by atoms with E-state index in [2.05, 4.69) is 20.9 Å². The number of carbonyl (C=O) groups excluding carboxylic acids is 2. The van der Waals surface area contributed by atoms with Crippen LogP contribution in [0.2, 0.25) is 0 Å². The summed E-state index contributed by atoms with van der Waals surface area (Å²) in [5, 5.41) is 14.2. The van der Waals surface area contributed by atoms with E-state index >= 15 is 0 Å². The number of ether oxygens (including phenoxy) is 1. The predicted molar refractivity (Wildman–Crippen MR) is 130 cm³/mol. The van der Waals surface area contributed by atoms with Crippen LogP contribution in [0.15, 0.2) is 54.6 Å². The van der Waals surface area contributed by atoms with E-state index < -0.39 is 17.7 Å². The third-order valence-corrected chi connectivity index (χ3v) is 4.98. The van der Waals surface area contributed by atoms with E-state index in [4.69, 9.17) is 17.0 Å². The van der Waals surface area contributed by atoms with Crippen molar-refractivity contribution in [3.63, 3.8) is 0 Å². The maximum Gasteiger partial charge on any atom is 0.408 e. The van der Waals surface area contributed by atoms with Crippen LogP contribution >= 0.6 is 12.2 Å². The Balaban J connectivity index is 1.67. The minimum absolute atomic E-state index is 0.118. The molecule has 0 aliphatic rings. The lowest BCUT2D eigenvalue weighted by Gasteiger charge is -2.27. The SMILES string of the molecule is CN(CNC(=S)n1nnc2ccccc21)C(=O)[C@H](Cc1ccccc1)NC(=O)OC(C)(C)C. The second kappa shape index (κ2) is 10.4. The molecule has 0 unspecified atom stereocenters. The summed E-state index contributed by atoms with van der Waals surface area (Å²) in [7, 11) is 1.63. The summed E-state index contributed by atoms with van der Waals surface area (Å²) in [6.07, 6.45) is -0.329. The van der Waals surface area contributed by atoms with Gasteiger partial charge in [-0.3, -0.25) is 4.79 Å². The molecule has 3 rings (SSSR count). The summed E-state index contributed by atoms with van der Waals surface area (Å²) in [6.45, 7) is 5.43. The molecule has 2 aromatic carbocycles. The first kappa shape index (κ1) is 24.1. The van der Waals surface area contributed by atoms with Gasteiger partial charge in [-0.1, -0.05) is 47.7 Å². The molecule has 0 aliphatic heterocycles. The van der Waals surface area contributed by atoms with Crippen molar-refractivity contribution in [1.82, 2.24) is 30.5 Å². The van der Waals surface area contributed by atoms with Gasteiger partial charge in [0.05, 0.1) is 12.2 Å². The van der Waals surface area contributed by atoms with Gasteiger partial charge in [0, 0.05) is 13.5 Å². The number of alkyl carbamates (subject to hydrolysis) is 1. The molecule has 174 valence electrons. The maximum atomic E-state index is 13.2. The Morgan fingerprint density at radius 2 is 1.79 bits per heavy atom. The topological polar surface area (TPSA) is 101 Å². The summed E-state index contributed by atoms with van der Waals surface area (Å²) in [6, 6.07) is 16.1. The van der Waals surface area contributed by atoms with Crippen LogP contribution in [0.5, 0.6) is 0 Å². The maximum absolute atomic E-state index is 13.2. The van der Waals surface area contributed by atoms with Crippen LogP contribution in [-0.2, 0) is 16.0 Å². The minimum atomic E-state index is -0.810. The third-order valence-electron chi connectivity index (χ3n) is 4.66. The zero-order chi connectivity index (χ0) is 24.0. The number of likely N-dealkylation sites (N-methyl/N-ethyl adjacent to an activating group) is 1. The Kier molecular flexibility index (Phi) is 7.59. The largest absolute Gasteiger partial charge is 0.444 e. The Morgan fingerprint density at radius 3 is 2.48 bits per heavy atom. The monoisotopic (exact) mass is 468 g/mol. The molecule has 0 saturated carbocycles. The van der Waals surface area contributed by atoms with Gasteiger partial charge >= 0.3 is 6.09 Å². The zero-order valence-electron chi connectivity index (χ0n) is 19.1. The van der Waals surface area contributed by atoms with Crippen molar-refractivity contribution in [3.05, 3.63) is 60.2 Å². The molecule has 0 bridgehead atoms. The van der Waals surface area contributed by atoms with Crippen molar-refractivity contribution in [2.75, 3.05) is 13.7 Å². The fourth-order valence-corrected chi connectivity index (χ4v) is 3.32. The molecule has 33 heavy (non-hydrogen) atoms. The first-order valence-electron chi connectivity index (χ1n) is 10.5. The van der Waals surface area contributed by atoms with Crippen LogP contribution in [0, 0.1) is 0 Å². The van der Waals surface area contributed by atoms with Crippen molar-refractivity contribution in [3.8, 4) is 0 Å². The van der Waals surface area contributed by atoms with Gasteiger partial charge in [0.2, 0.25) is 5.91 Å². The number of fused-ring (bicyclic) bond motifs is 1. The minimum Gasteiger partial charge on any atom is -0.444 e. The van der Waals surface area contributed by atoms with Crippen molar-refractivity contribution in [2.24, 2.45) is 0 Å². The van der Waals surface area contributed by atoms with E-state index in [0.29, 0.717) is 11.5 Å². The molecule has 0 radical (unpaired) electrons. The number of para-hydroxylation sites is 1. The van der Waals surface area contributed by atoms with Gasteiger partial charge in [-0.25, -0.2) is 4.79 Å². The fourth-order valence-electron chi connectivity index (χ4n) is 3.12. The molecule has 0 spiro atoms. The number of aromatic nitrogens is 3. The van der Waals surface area contributed by atoms with Gasteiger partial charge < -0.3 is 20.3 Å². The molecule has 0 aliphatic carbocycles. The van der Waals surface area contributed by atoms with Crippen LogP contribution in [0.3, 0.4) is 0 Å². The van der Waals surface area contributed by atoms with Crippen molar-refractivity contribution >= 4 is 40.4 Å². The standard InChI is InChI=1S/C23H28N6O3S/c1-23(2,3)32-22(31)25-18(14-16-10-6-5-7-11-16)20(30)28(4)15-24-21(33)29-19-13-9-8-12-17(19)26-27-29/h5-13,18H,14-15H2,1-4H3,(H,24,33)(H,25,31)/t18-/m0/s1. The molecule has 10 heteroatoms. The molecule has 1 heterocycles. The van der Waals surface area contributed by atoms with Gasteiger partial charge in [0.1, 0.15) is 17.2 Å². The van der Waals surface area contributed by atoms with E-state index in [1.165, 1.54) is 9.58 Å². The molecule has 9 nitrogen and oxygen atoms in total. The molecule has 3 aromatic rings. The van der Waals surface area contributed by atoms with Gasteiger partial charge in [-0.2, -0.15) is 4.68 Å². The lowest BCUT2D eigenvalue weighted by molar-refractivity contribution is -0.132. The quantitative estimate of drug-likeness (QED) is 0.424. The molecule has 1 atom stereocenters. The summed E-state index contributed by atoms with van der Waals surface area (Å²) in [5.41, 5.74) is 1.72. The highest BCUT2D eigenvalue weighted by Gasteiger charge is 2.27. The third kappa shape index (κ3) is 6.72. The highest BCUT2D eigenvalue weighted by Crippen LogP contribution is 2.11. The van der Waals surface area contributed by atoms with Crippen molar-refractivity contribution in [2.45, 2.75) is 38.8 Å². The number of amides is 2. The average molecular weight is 469 g/mol. The molecule has 2 N–H and O–H groups in total. The number of thiocarbonyl (C=S) groups is 1. The van der Waals surface area contributed by atoms with Crippen LogP contribution in [-0.4, -0.2) is 62.4 Å². The predicted octanol–water partition coefficient (Wildman–Crippen LogP) is 2.71. The second-order valence-corrected chi connectivity index (χ2v) is 8.94. The highest BCUT2D eigenvalue weighted by atomic mass is 32.1. The van der Waals surface area contributed by atoms with Gasteiger partial charge in [0.15, 0.2) is 5.11 Å². The van der Waals surface area contributed by atoms with Gasteiger partial charge in [0.25, 0.3) is 0 Å². The zero-order valence-corrected chi connectivity index (χ0v) is 19.9. The van der Waals surface area contributed by atoms with Crippen LogP contribution in [0.4, 0.5) is 4.79 Å². The second-order valence-electron chi connectivity index (χ2n) is 8.55. The summed E-state index contributed by atoms with van der Waals surface area (Å²) < 4.78 is 6.85. The summed E-state index contributed by atoms with van der Waals surface area (Å²) in [4.78, 5) is 27.0. The van der Waals surface area contributed by atoms with E-state index in [1.807, 2.05) is 54.6 Å². The van der Waals surface area contributed by atoms with Crippen LogP contribution in [0.25, 0.3) is 11.0 Å². The number of hydrogen-bond donors (Lipinski definition) is 2. The number of hydrogen-bond acceptors (Lipinski definition) is 6. The van der Waals surface area contributed by atoms with E-state index in [9.17, 15) is 9.59 Å². The van der Waals surface area contributed by atoms with E-state index in [-0.39, 0.29) is 12.6 Å². The number of nitrogens with one attached hydrogen (secondary N) is 2. The smallest absolute Gasteiger partial charge is 0.408 e. The van der Waals surface area contributed by atoms with Crippen LogP contribution < -0.4 is 10.6 Å². The molecular weight excluding hydrogens is 440 g/mol. The molecule has 2 amide bonds. The number of nitrogens with zero attached hydrogens (tertiary/aromatic N) is 4. The van der Waals surface area contributed by atoms with Gasteiger partial charge in [-0.15, -0.1) is 5.10 Å². The van der Waals surface area contributed by atoms with E-state index in [0.717, 1.165) is 16.6 Å². The van der Waals surface area contributed by atoms with Crippen molar-refractivity contribution in [1.29, 1.82) is 0 Å². The lowest BCUT2D eigenvalue weighted by Crippen LogP contribution is -2.52. The molecular formula is C23H28N6O3S. The first-order valence-corrected chi connectivity index (χ1v) is 10.9. The molecule has 0 fully saturated rings. The molecule has 0 saturated heterocycles. The summed E-state index contributed by atoms with van der Waals surface area (Å²) in [5.74, 6) is -0.288. The molecule has 1 aromatic heterocycles. The number of benzene rings is 2.